The summed E-state index contributed by atoms with van der Waals surface area (Å²) in [4.78, 5) is 14.1. The van der Waals surface area contributed by atoms with E-state index in [1.807, 2.05) is 25.7 Å². The number of benzene rings is 2. The molecule has 0 saturated carbocycles. The quantitative estimate of drug-likeness (QED) is 0.715. The smallest absolute Gasteiger partial charge is 0.410 e. The van der Waals surface area contributed by atoms with Crippen molar-refractivity contribution in [3.8, 4) is 0 Å². The average Bonchev–Trinajstić information content (AvgIpc) is 2.54. The Hall–Kier alpha value is -2.03. The van der Waals surface area contributed by atoms with Crippen molar-refractivity contribution in [3.05, 3.63) is 47.5 Å². The molecule has 1 saturated heterocycles. The normalized spacial score (nSPS) is 16.4. The highest BCUT2D eigenvalue weighted by atomic mass is 16.6. The van der Waals surface area contributed by atoms with Crippen LogP contribution < -0.4 is 0 Å². The minimum absolute atomic E-state index is 0.185. The zero-order valence-corrected chi connectivity index (χ0v) is 15.1. The first kappa shape index (κ1) is 16.8. The summed E-state index contributed by atoms with van der Waals surface area (Å²) in [7, 11) is 0. The molecule has 1 aliphatic heterocycles. The third-order valence-corrected chi connectivity index (χ3v) is 4.76. The van der Waals surface area contributed by atoms with Crippen LogP contribution in [0.3, 0.4) is 0 Å². The molecule has 1 aliphatic rings. The van der Waals surface area contributed by atoms with Crippen molar-refractivity contribution >= 4 is 16.9 Å². The van der Waals surface area contributed by atoms with E-state index in [1.54, 1.807) is 0 Å². The Kier molecular flexibility index (Phi) is 4.53. The zero-order valence-electron chi connectivity index (χ0n) is 15.1. The number of piperidine rings is 1. The van der Waals surface area contributed by atoms with Crippen LogP contribution in [0.2, 0.25) is 0 Å². The van der Waals surface area contributed by atoms with Gasteiger partial charge in [-0.25, -0.2) is 4.79 Å². The van der Waals surface area contributed by atoms with E-state index in [4.69, 9.17) is 4.74 Å². The summed E-state index contributed by atoms with van der Waals surface area (Å²) in [6, 6.07) is 13.1. The summed E-state index contributed by atoms with van der Waals surface area (Å²) >= 11 is 0. The average molecular weight is 325 g/mol. The van der Waals surface area contributed by atoms with Crippen molar-refractivity contribution in [2.45, 2.75) is 52.1 Å². The van der Waals surface area contributed by atoms with Gasteiger partial charge in [-0.05, 0) is 68.4 Å². The number of ether oxygens (including phenoxy) is 1. The lowest BCUT2D eigenvalue weighted by Gasteiger charge is -2.34. The van der Waals surface area contributed by atoms with E-state index in [-0.39, 0.29) is 6.09 Å². The highest BCUT2D eigenvalue weighted by molar-refractivity contribution is 5.89. The van der Waals surface area contributed by atoms with Crippen LogP contribution >= 0.6 is 0 Å². The fourth-order valence-electron chi connectivity index (χ4n) is 3.53. The summed E-state index contributed by atoms with van der Waals surface area (Å²) in [5, 5.41) is 2.69. The number of hydrogen-bond acceptors (Lipinski definition) is 2. The molecule has 2 aromatic rings. The van der Waals surface area contributed by atoms with Crippen LogP contribution in [0.5, 0.6) is 0 Å². The standard InChI is InChI=1S/C21H27NO2/c1-15-9-10-18(19-8-6-5-7-17(15)19)16-11-13-22(14-12-16)20(23)24-21(2,3)4/h5-10,16H,11-14H2,1-4H3. The first-order valence-electron chi connectivity index (χ1n) is 8.81. The molecule has 1 amide bonds. The molecular weight excluding hydrogens is 298 g/mol. The maximum absolute atomic E-state index is 12.2. The Labute approximate surface area is 144 Å². The number of nitrogens with zero attached hydrogens (tertiary/aromatic N) is 1. The highest BCUT2D eigenvalue weighted by Gasteiger charge is 2.28. The molecule has 0 spiro atoms. The van der Waals surface area contributed by atoms with Gasteiger partial charge in [-0.3, -0.25) is 0 Å². The third-order valence-electron chi connectivity index (χ3n) is 4.76. The Balaban J connectivity index is 1.74. The second-order valence-corrected chi connectivity index (χ2v) is 7.76. The van der Waals surface area contributed by atoms with Gasteiger partial charge in [0.1, 0.15) is 5.60 Å². The summed E-state index contributed by atoms with van der Waals surface area (Å²) in [6.45, 7) is 9.43. The van der Waals surface area contributed by atoms with Gasteiger partial charge in [0.25, 0.3) is 0 Å². The minimum atomic E-state index is -0.429. The van der Waals surface area contributed by atoms with Gasteiger partial charge in [0.2, 0.25) is 0 Å². The molecule has 3 rings (SSSR count). The van der Waals surface area contributed by atoms with Crippen LogP contribution in [-0.4, -0.2) is 29.7 Å². The number of aryl methyl sites for hydroxylation is 1. The van der Waals surface area contributed by atoms with Crippen LogP contribution in [-0.2, 0) is 4.74 Å². The Bertz CT molecular complexity index is 737. The molecule has 128 valence electrons. The van der Waals surface area contributed by atoms with E-state index in [1.165, 1.54) is 21.9 Å². The van der Waals surface area contributed by atoms with Crippen LogP contribution in [0.25, 0.3) is 10.8 Å². The lowest BCUT2D eigenvalue weighted by molar-refractivity contribution is 0.0205. The second kappa shape index (κ2) is 6.46. The predicted octanol–water partition coefficient (Wildman–Crippen LogP) is 5.26. The number of likely N-dealkylation sites (tertiary alicyclic amines) is 1. The van der Waals surface area contributed by atoms with Gasteiger partial charge in [0.05, 0.1) is 0 Å². The number of rotatable bonds is 1. The van der Waals surface area contributed by atoms with Crippen LogP contribution in [0, 0.1) is 6.92 Å². The van der Waals surface area contributed by atoms with Crippen molar-refractivity contribution in [2.24, 2.45) is 0 Å². The van der Waals surface area contributed by atoms with Gasteiger partial charge in [-0.2, -0.15) is 0 Å². The van der Waals surface area contributed by atoms with Gasteiger partial charge >= 0.3 is 6.09 Å². The SMILES string of the molecule is Cc1ccc(C2CCN(C(=O)OC(C)(C)C)CC2)c2ccccc12. The molecule has 1 fully saturated rings. The molecule has 3 heteroatoms. The molecule has 0 aromatic heterocycles. The molecule has 0 radical (unpaired) electrons. The summed E-state index contributed by atoms with van der Waals surface area (Å²) < 4.78 is 5.49. The second-order valence-electron chi connectivity index (χ2n) is 7.76. The Morgan fingerprint density at radius 2 is 1.67 bits per heavy atom. The van der Waals surface area contributed by atoms with E-state index in [9.17, 15) is 4.79 Å². The first-order chi connectivity index (χ1) is 11.3. The van der Waals surface area contributed by atoms with Gasteiger partial charge in [0.15, 0.2) is 0 Å². The Morgan fingerprint density at radius 1 is 1.04 bits per heavy atom. The monoisotopic (exact) mass is 325 g/mol. The lowest BCUT2D eigenvalue weighted by Crippen LogP contribution is -2.41. The van der Waals surface area contributed by atoms with Gasteiger partial charge < -0.3 is 9.64 Å². The summed E-state index contributed by atoms with van der Waals surface area (Å²) in [5.74, 6) is 0.509. The largest absolute Gasteiger partial charge is 0.444 e. The summed E-state index contributed by atoms with van der Waals surface area (Å²) in [6.07, 6.45) is 1.80. The van der Waals surface area contributed by atoms with E-state index < -0.39 is 5.60 Å². The van der Waals surface area contributed by atoms with Crippen molar-refractivity contribution in [3.63, 3.8) is 0 Å². The van der Waals surface area contributed by atoms with Crippen molar-refractivity contribution in [1.82, 2.24) is 4.90 Å². The maximum Gasteiger partial charge on any atom is 0.410 e. The maximum atomic E-state index is 12.2. The number of amides is 1. The fraction of sp³-hybridized carbons (Fsp3) is 0.476. The molecule has 1 heterocycles. The number of carbonyl (C=O) groups is 1. The molecular formula is C21H27NO2. The number of hydrogen-bond donors (Lipinski definition) is 0. The van der Waals surface area contributed by atoms with Crippen molar-refractivity contribution in [2.75, 3.05) is 13.1 Å². The van der Waals surface area contributed by atoms with E-state index >= 15 is 0 Å². The molecule has 0 N–H and O–H groups in total. The van der Waals surface area contributed by atoms with Gasteiger partial charge in [-0.1, -0.05) is 36.4 Å². The van der Waals surface area contributed by atoms with Crippen LogP contribution in [0.1, 0.15) is 50.7 Å². The van der Waals surface area contributed by atoms with Crippen LogP contribution in [0.4, 0.5) is 4.79 Å². The summed E-state index contributed by atoms with van der Waals surface area (Å²) in [5.41, 5.74) is 2.31. The molecule has 2 aromatic carbocycles. The van der Waals surface area contributed by atoms with Crippen molar-refractivity contribution < 1.29 is 9.53 Å². The molecule has 3 nitrogen and oxygen atoms in total. The molecule has 0 atom stereocenters. The minimum Gasteiger partial charge on any atom is -0.444 e. The zero-order chi connectivity index (χ0) is 17.3. The first-order valence-corrected chi connectivity index (χ1v) is 8.81. The number of carbonyl (C=O) groups excluding carboxylic acids is 1. The number of fused-ring (bicyclic) bond motifs is 1. The lowest BCUT2D eigenvalue weighted by atomic mass is 9.85. The topological polar surface area (TPSA) is 29.5 Å². The van der Waals surface area contributed by atoms with Crippen molar-refractivity contribution in [1.29, 1.82) is 0 Å². The van der Waals surface area contributed by atoms with Gasteiger partial charge in [-0.15, -0.1) is 0 Å². The third kappa shape index (κ3) is 3.55. The van der Waals surface area contributed by atoms with Gasteiger partial charge in [0, 0.05) is 13.1 Å². The highest BCUT2D eigenvalue weighted by Crippen LogP contribution is 2.34. The molecule has 24 heavy (non-hydrogen) atoms. The molecule has 0 unspecified atom stereocenters. The predicted molar refractivity (Wildman–Crippen MR) is 98.5 cm³/mol. The van der Waals surface area contributed by atoms with E-state index in [0.717, 1.165) is 25.9 Å². The van der Waals surface area contributed by atoms with Crippen LogP contribution in [0.15, 0.2) is 36.4 Å². The van der Waals surface area contributed by atoms with E-state index in [0.29, 0.717) is 5.92 Å². The fourth-order valence-corrected chi connectivity index (χ4v) is 3.53. The Morgan fingerprint density at radius 3 is 2.29 bits per heavy atom. The molecule has 0 bridgehead atoms. The molecule has 0 aliphatic carbocycles. The van der Waals surface area contributed by atoms with E-state index in [2.05, 4.69) is 43.3 Å².